The minimum Gasteiger partial charge on any atom is -0.491 e. The van der Waals surface area contributed by atoms with Gasteiger partial charge in [-0.25, -0.2) is 0 Å². The molecule has 0 amide bonds. The van der Waals surface area contributed by atoms with Gasteiger partial charge in [0, 0.05) is 19.6 Å². The number of aliphatic hydroxyl groups is 3. The number of hydrogen-bond acceptors (Lipinski definition) is 5. The first-order valence-electron chi connectivity index (χ1n) is 6.89. The average Bonchev–Trinajstić information content (AvgIpc) is 2.40. The molecular weight excluding hydrogens is 294 g/mol. The number of ether oxygens (including phenoxy) is 1. The summed E-state index contributed by atoms with van der Waals surface area (Å²) in [5.74, 6) is 0.778. The van der Waals surface area contributed by atoms with Crippen molar-refractivity contribution >= 4 is 12.4 Å². The molecule has 1 aromatic rings. The van der Waals surface area contributed by atoms with Gasteiger partial charge in [-0.1, -0.05) is 12.1 Å². The van der Waals surface area contributed by atoms with E-state index in [1.807, 2.05) is 32.0 Å². The minimum atomic E-state index is -0.659. The van der Waals surface area contributed by atoms with Crippen LogP contribution in [0.5, 0.6) is 5.75 Å². The second kappa shape index (κ2) is 10.8. The fourth-order valence-corrected chi connectivity index (χ4v) is 1.98. The van der Waals surface area contributed by atoms with E-state index in [1.165, 1.54) is 0 Å². The van der Waals surface area contributed by atoms with Gasteiger partial charge in [-0.15, -0.1) is 12.4 Å². The Hall–Kier alpha value is -0.850. The van der Waals surface area contributed by atoms with Gasteiger partial charge < -0.3 is 20.1 Å². The molecule has 1 atom stereocenters. The number of halogens is 1. The Morgan fingerprint density at radius 1 is 1.14 bits per heavy atom. The van der Waals surface area contributed by atoms with Crippen molar-refractivity contribution in [2.45, 2.75) is 20.0 Å². The summed E-state index contributed by atoms with van der Waals surface area (Å²) >= 11 is 0. The van der Waals surface area contributed by atoms with Crippen molar-refractivity contribution in [3.05, 3.63) is 29.3 Å². The maximum Gasteiger partial charge on any atom is 0.122 e. The molecule has 6 heteroatoms. The minimum absolute atomic E-state index is 0. The van der Waals surface area contributed by atoms with Gasteiger partial charge in [0.1, 0.15) is 18.5 Å². The summed E-state index contributed by atoms with van der Waals surface area (Å²) in [5, 5.41) is 27.8. The summed E-state index contributed by atoms with van der Waals surface area (Å²) in [7, 11) is 0. The van der Waals surface area contributed by atoms with Crippen LogP contribution in [0.3, 0.4) is 0 Å². The molecule has 0 radical (unpaired) electrons. The Kier molecular flexibility index (Phi) is 10.4. The van der Waals surface area contributed by atoms with Crippen LogP contribution >= 0.6 is 12.4 Å². The molecule has 21 heavy (non-hydrogen) atoms. The van der Waals surface area contributed by atoms with Gasteiger partial charge in [-0.2, -0.15) is 0 Å². The second-order valence-corrected chi connectivity index (χ2v) is 4.98. The van der Waals surface area contributed by atoms with Crippen LogP contribution in [0.15, 0.2) is 18.2 Å². The van der Waals surface area contributed by atoms with Gasteiger partial charge >= 0.3 is 0 Å². The lowest BCUT2D eigenvalue weighted by Gasteiger charge is -2.23. The fraction of sp³-hybridized carbons (Fsp3) is 0.600. The van der Waals surface area contributed by atoms with Crippen LogP contribution in [0.1, 0.15) is 11.1 Å². The number of nitrogens with zero attached hydrogens (tertiary/aromatic N) is 1. The lowest BCUT2D eigenvalue weighted by atomic mass is 10.1. The molecule has 0 aliphatic heterocycles. The van der Waals surface area contributed by atoms with Crippen LogP contribution < -0.4 is 4.74 Å². The molecule has 5 nitrogen and oxygen atoms in total. The Labute approximate surface area is 132 Å². The first-order valence-corrected chi connectivity index (χ1v) is 6.89. The molecular formula is C15H26ClNO4. The lowest BCUT2D eigenvalue weighted by Crippen LogP contribution is -2.38. The zero-order valence-corrected chi connectivity index (χ0v) is 13.5. The van der Waals surface area contributed by atoms with E-state index >= 15 is 0 Å². The third-order valence-electron chi connectivity index (χ3n) is 3.08. The van der Waals surface area contributed by atoms with Crippen molar-refractivity contribution in [1.29, 1.82) is 0 Å². The third-order valence-corrected chi connectivity index (χ3v) is 3.08. The van der Waals surface area contributed by atoms with Crippen molar-refractivity contribution in [3.63, 3.8) is 0 Å². The highest BCUT2D eigenvalue weighted by Gasteiger charge is 2.12. The van der Waals surface area contributed by atoms with Gasteiger partial charge in [0.15, 0.2) is 0 Å². The molecule has 0 aromatic heterocycles. The molecule has 122 valence electrons. The molecule has 0 aliphatic rings. The van der Waals surface area contributed by atoms with E-state index in [0.29, 0.717) is 19.6 Å². The van der Waals surface area contributed by atoms with Crippen molar-refractivity contribution in [3.8, 4) is 5.75 Å². The standard InChI is InChI=1S/C15H25NO4.ClH/c1-12-3-4-13(2)15(9-12)20-11-14(19)10-16(5-7-17)6-8-18;/h3-4,9,14,17-19H,5-8,10-11H2,1-2H3;1H. The monoisotopic (exact) mass is 319 g/mol. The lowest BCUT2D eigenvalue weighted by molar-refractivity contribution is 0.0550. The van der Waals surface area contributed by atoms with Gasteiger partial charge in [0.2, 0.25) is 0 Å². The summed E-state index contributed by atoms with van der Waals surface area (Å²) < 4.78 is 5.63. The highest BCUT2D eigenvalue weighted by atomic mass is 35.5. The van der Waals surface area contributed by atoms with Crippen LogP contribution in [0.25, 0.3) is 0 Å². The van der Waals surface area contributed by atoms with Crippen LogP contribution in [0, 0.1) is 13.8 Å². The summed E-state index contributed by atoms with van der Waals surface area (Å²) in [5.41, 5.74) is 2.15. The summed E-state index contributed by atoms with van der Waals surface area (Å²) in [6, 6.07) is 5.95. The summed E-state index contributed by atoms with van der Waals surface area (Å²) in [4.78, 5) is 1.80. The smallest absolute Gasteiger partial charge is 0.122 e. The predicted molar refractivity (Wildman–Crippen MR) is 85.3 cm³/mol. The number of aryl methyl sites for hydroxylation is 2. The number of hydrogen-bond donors (Lipinski definition) is 3. The number of aliphatic hydroxyl groups excluding tert-OH is 3. The van der Waals surface area contributed by atoms with Crippen LogP contribution in [0.2, 0.25) is 0 Å². The van der Waals surface area contributed by atoms with E-state index in [0.717, 1.165) is 16.9 Å². The van der Waals surface area contributed by atoms with E-state index in [2.05, 4.69) is 0 Å². The molecule has 0 spiro atoms. The Morgan fingerprint density at radius 2 is 1.76 bits per heavy atom. The molecule has 0 saturated carbocycles. The Balaban J connectivity index is 0.00000400. The summed E-state index contributed by atoms with van der Waals surface area (Å²) in [6.45, 7) is 5.39. The van der Waals surface area contributed by atoms with Crippen molar-refractivity contribution in [1.82, 2.24) is 4.90 Å². The highest BCUT2D eigenvalue weighted by molar-refractivity contribution is 5.85. The first-order chi connectivity index (χ1) is 9.56. The van der Waals surface area contributed by atoms with E-state index in [-0.39, 0.29) is 32.2 Å². The Morgan fingerprint density at radius 3 is 2.33 bits per heavy atom. The van der Waals surface area contributed by atoms with Crippen molar-refractivity contribution in [2.24, 2.45) is 0 Å². The topological polar surface area (TPSA) is 73.2 Å². The summed E-state index contributed by atoms with van der Waals surface area (Å²) in [6.07, 6.45) is -0.659. The first kappa shape index (κ1) is 20.1. The molecule has 3 N–H and O–H groups in total. The molecule has 0 saturated heterocycles. The zero-order chi connectivity index (χ0) is 15.0. The van der Waals surface area contributed by atoms with Gasteiger partial charge in [0.25, 0.3) is 0 Å². The molecule has 0 fully saturated rings. The molecule has 1 unspecified atom stereocenters. The van der Waals surface area contributed by atoms with Crippen LogP contribution in [0.4, 0.5) is 0 Å². The van der Waals surface area contributed by atoms with E-state index in [1.54, 1.807) is 4.90 Å². The zero-order valence-electron chi connectivity index (χ0n) is 12.7. The van der Waals surface area contributed by atoms with E-state index in [9.17, 15) is 5.11 Å². The highest BCUT2D eigenvalue weighted by Crippen LogP contribution is 2.19. The number of benzene rings is 1. The SMILES string of the molecule is Cc1ccc(C)c(OCC(O)CN(CCO)CCO)c1.Cl. The van der Waals surface area contributed by atoms with E-state index in [4.69, 9.17) is 14.9 Å². The predicted octanol–water partition coefficient (Wildman–Crippen LogP) is 0.752. The van der Waals surface area contributed by atoms with Crippen LogP contribution in [-0.2, 0) is 0 Å². The molecule has 0 heterocycles. The maximum atomic E-state index is 9.96. The van der Waals surface area contributed by atoms with Crippen molar-refractivity contribution in [2.75, 3.05) is 39.5 Å². The third kappa shape index (κ3) is 7.64. The van der Waals surface area contributed by atoms with Crippen LogP contribution in [-0.4, -0.2) is 65.8 Å². The maximum absolute atomic E-state index is 9.96. The van der Waals surface area contributed by atoms with Gasteiger partial charge in [-0.05, 0) is 31.0 Å². The quantitative estimate of drug-likeness (QED) is 0.626. The number of rotatable bonds is 9. The Bertz CT molecular complexity index is 397. The average molecular weight is 320 g/mol. The normalized spacial score (nSPS) is 12.1. The van der Waals surface area contributed by atoms with Gasteiger partial charge in [0.05, 0.1) is 13.2 Å². The molecule has 0 bridgehead atoms. The van der Waals surface area contributed by atoms with E-state index < -0.39 is 6.10 Å². The van der Waals surface area contributed by atoms with Gasteiger partial charge in [-0.3, -0.25) is 4.90 Å². The molecule has 1 aromatic carbocycles. The molecule has 0 aliphatic carbocycles. The largest absolute Gasteiger partial charge is 0.491 e. The molecule has 1 rings (SSSR count). The second-order valence-electron chi connectivity index (χ2n) is 4.98. The fourth-order valence-electron chi connectivity index (χ4n) is 1.98. The van der Waals surface area contributed by atoms with Crippen molar-refractivity contribution < 1.29 is 20.1 Å².